The smallest absolute Gasteiger partial charge is 0.233 e. The molecule has 0 aliphatic carbocycles. The number of carbonyl (C=O) groups is 1. The van der Waals surface area contributed by atoms with Gasteiger partial charge in [-0.1, -0.05) is 24.3 Å². The van der Waals surface area contributed by atoms with Crippen molar-refractivity contribution in [1.29, 1.82) is 0 Å². The topological polar surface area (TPSA) is 61.4 Å². The van der Waals surface area contributed by atoms with Gasteiger partial charge in [0.1, 0.15) is 0 Å². The van der Waals surface area contributed by atoms with Gasteiger partial charge in [0.2, 0.25) is 5.91 Å². The Bertz CT molecular complexity index is 309. The molecule has 1 aromatic rings. The summed E-state index contributed by atoms with van der Waals surface area (Å²) in [6.07, 6.45) is 0. The van der Waals surface area contributed by atoms with Gasteiger partial charge in [-0.2, -0.15) is 0 Å². The summed E-state index contributed by atoms with van der Waals surface area (Å²) in [5.41, 5.74) is 1.99. The van der Waals surface area contributed by atoms with Crippen molar-refractivity contribution in [3.8, 4) is 0 Å². The molecule has 15 heavy (non-hydrogen) atoms. The number of aliphatic hydroxyl groups excluding tert-OH is 1. The number of hydrogen-bond donors (Lipinski definition) is 3. The number of amides is 1. The van der Waals surface area contributed by atoms with Gasteiger partial charge in [0.25, 0.3) is 0 Å². The van der Waals surface area contributed by atoms with E-state index in [2.05, 4.69) is 10.6 Å². The fourth-order valence-corrected chi connectivity index (χ4v) is 1.17. The summed E-state index contributed by atoms with van der Waals surface area (Å²) in [5.74, 6) is -0.0259. The van der Waals surface area contributed by atoms with Crippen molar-refractivity contribution >= 4 is 5.91 Å². The van der Waals surface area contributed by atoms with Crippen molar-refractivity contribution in [3.63, 3.8) is 0 Å². The first-order valence-corrected chi connectivity index (χ1v) is 4.86. The molecule has 0 aliphatic heterocycles. The molecular weight excluding hydrogens is 192 g/mol. The number of nitrogens with one attached hydrogen (secondary N) is 2. The summed E-state index contributed by atoms with van der Waals surface area (Å²) in [4.78, 5) is 10.9. The predicted molar refractivity (Wildman–Crippen MR) is 58.1 cm³/mol. The lowest BCUT2D eigenvalue weighted by Crippen LogP contribution is -2.30. The van der Waals surface area contributed by atoms with Gasteiger partial charge in [-0.25, -0.2) is 0 Å². The Kier molecular flexibility index (Phi) is 4.80. The lowest BCUT2D eigenvalue weighted by molar-refractivity contribution is -0.119. The summed E-state index contributed by atoms with van der Waals surface area (Å²) < 4.78 is 0. The van der Waals surface area contributed by atoms with Gasteiger partial charge >= 0.3 is 0 Å². The second kappa shape index (κ2) is 6.16. The minimum atomic E-state index is -0.0259. The van der Waals surface area contributed by atoms with Crippen molar-refractivity contribution in [2.24, 2.45) is 0 Å². The molecule has 0 aliphatic rings. The molecular formula is C11H16N2O2. The maximum absolute atomic E-state index is 10.9. The first-order chi connectivity index (χ1) is 7.26. The minimum Gasteiger partial charge on any atom is -0.392 e. The summed E-state index contributed by atoms with van der Waals surface area (Å²) in [6.45, 7) is 1.03. The largest absolute Gasteiger partial charge is 0.392 e. The van der Waals surface area contributed by atoms with Crippen LogP contribution in [-0.2, 0) is 17.9 Å². The number of likely N-dealkylation sites (N-methyl/N-ethyl adjacent to an activating group) is 1. The fraction of sp³-hybridized carbons (Fsp3) is 0.364. The van der Waals surface area contributed by atoms with E-state index in [1.165, 1.54) is 0 Å². The molecule has 0 fully saturated rings. The zero-order valence-electron chi connectivity index (χ0n) is 8.79. The Balaban J connectivity index is 2.34. The van der Waals surface area contributed by atoms with Crippen molar-refractivity contribution in [2.45, 2.75) is 13.2 Å². The van der Waals surface area contributed by atoms with Gasteiger partial charge in [-0.3, -0.25) is 4.79 Å². The van der Waals surface area contributed by atoms with Crippen LogP contribution in [0.2, 0.25) is 0 Å². The van der Waals surface area contributed by atoms with E-state index in [1.54, 1.807) is 7.05 Å². The van der Waals surface area contributed by atoms with E-state index in [9.17, 15) is 4.79 Å². The fourth-order valence-electron chi connectivity index (χ4n) is 1.17. The van der Waals surface area contributed by atoms with E-state index in [4.69, 9.17) is 5.11 Å². The molecule has 0 heterocycles. The quantitative estimate of drug-likeness (QED) is 0.639. The Hall–Kier alpha value is -1.39. The predicted octanol–water partition coefficient (Wildman–Crippen LogP) is 0.0145. The zero-order valence-corrected chi connectivity index (χ0v) is 8.79. The Morgan fingerprint density at radius 3 is 2.40 bits per heavy atom. The van der Waals surface area contributed by atoms with Gasteiger partial charge < -0.3 is 15.7 Å². The van der Waals surface area contributed by atoms with Gasteiger partial charge in [0.15, 0.2) is 0 Å². The molecule has 1 rings (SSSR count). The van der Waals surface area contributed by atoms with Crippen molar-refractivity contribution < 1.29 is 9.90 Å². The number of rotatable bonds is 5. The molecule has 4 heteroatoms. The van der Waals surface area contributed by atoms with Crippen LogP contribution in [0.1, 0.15) is 11.1 Å². The molecule has 0 saturated carbocycles. The van der Waals surface area contributed by atoms with Crippen molar-refractivity contribution in [2.75, 3.05) is 13.6 Å². The third kappa shape index (κ3) is 4.10. The van der Waals surface area contributed by atoms with Crippen molar-refractivity contribution in [1.82, 2.24) is 10.6 Å². The maximum atomic E-state index is 10.9. The summed E-state index contributed by atoms with van der Waals surface area (Å²) in [5, 5.41) is 14.4. The summed E-state index contributed by atoms with van der Waals surface area (Å²) >= 11 is 0. The highest BCUT2D eigenvalue weighted by Crippen LogP contribution is 2.03. The van der Waals surface area contributed by atoms with Gasteiger partial charge in [-0.05, 0) is 11.1 Å². The number of benzene rings is 1. The van der Waals surface area contributed by atoms with Crippen LogP contribution in [0, 0.1) is 0 Å². The number of aliphatic hydroxyl groups is 1. The van der Waals surface area contributed by atoms with Crippen LogP contribution >= 0.6 is 0 Å². The van der Waals surface area contributed by atoms with Crippen molar-refractivity contribution in [3.05, 3.63) is 35.4 Å². The first kappa shape index (κ1) is 11.7. The Morgan fingerprint density at radius 2 is 1.87 bits per heavy atom. The van der Waals surface area contributed by atoms with Gasteiger partial charge in [0, 0.05) is 13.6 Å². The third-order valence-corrected chi connectivity index (χ3v) is 2.10. The molecule has 0 bridgehead atoms. The van der Waals surface area contributed by atoms with Crippen LogP contribution in [-0.4, -0.2) is 24.6 Å². The lowest BCUT2D eigenvalue weighted by atomic mass is 10.1. The average Bonchev–Trinajstić information content (AvgIpc) is 2.29. The molecule has 1 aromatic carbocycles. The Morgan fingerprint density at radius 1 is 1.27 bits per heavy atom. The van der Waals surface area contributed by atoms with E-state index < -0.39 is 0 Å². The molecule has 0 saturated heterocycles. The molecule has 0 unspecified atom stereocenters. The molecule has 1 amide bonds. The third-order valence-electron chi connectivity index (χ3n) is 2.10. The average molecular weight is 208 g/mol. The normalized spacial score (nSPS) is 10.0. The Labute approximate surface area is 89.3 Å². The first-order valence-electron chi connectivity index (χ1n) is 4.86. The lowest BCUT2D eigenvalue weighted by Gasteiger charge is -2.04. The molecule has 82 valence electrons. The maximum Gasteiger partial charge on any atom is 0.233 e. The summed E-state index contributed by atoms with van der Waals surface area (Å²) in [6, 6.07) is 7.61. The number of hydrogen-bond acceptors (Lipinski definition) is 3. The molecule has 0 radical (unpaired) electrons. The second-order valence-corrected chi connectivity index (χ2v) is 3.25. The van der Waals surface area contributed by atoms with Gasteiger partial charge in [-0.15, -0.1) is 0 Å². The highest BCUT2D eigenvalue weighted by atomic mass is 16.3. The highest BCUT2D eigenvalue weighted by Gasteiger charge is 1.97. The van der Waals surface area contributed by atoms with Crippen LogP contribution in [0.3, 0.4) is 0 Å². The van der Waals surface area contributed by atoms with Crippen LogP contribution in [0.5, 0.6) is 0 Å². The molecule has 0 spiro atoms. The van der Waals surface area contributed by atoms with Gasteiger partial charge in [0.05, 0.1) is 13.2 Å². The van der Waals surface area contributed by atoms with E-state index in [-0.39, 0.29) is 12.5 Å². The van der Waals surface area contributed by atoms with Crippen LogP contribution in [0.15, 0.2) is 24.3 Å². The monoisotopic (exact) mass is 208 g/mol. The standard InChI is InChI=1S/C11H16N2O2/c1-12-11(15)7-13-6-9-2-4-10(8-14)5-3-9/h2-5,13-14H,6-8H2,1H3,(H,12,15). The zero-order chi connectivity index (χ0) is 11.1. The molecule has 0 atom stereocenters. The van der Waals surface area contributed by atoms with Crippen LogP contribution in [0.25, 0.3) is 0 Å². The minimum absolute atomic E-state index is 0.0259. The van der Waals surface area contributed by atoms with E-state index in [0.717, 1.165) is 11.1 Å². The van der Waals surface area contributed by atoms with E-state index in [0.29, 0.717) is 13.1 Å². The highest BCUT2D eigenvalue weighted by molar-refractivity contribution is 5.77. The summed E-state index contributed by atoms with van der Waals surface area (Å²) in [7, 11) is 1.61. The van der Waals surface area contributed by atoms with Crippen LogP contribution in [0.4, 0.5) is 0 Å². The van der Waals surface area contributed by atoms with E-state index >= 15 is 0 Å². The molecule has 4 nitrogen and oxygen atoms in total. The molecule has 3 N–H and O–H groups in total. The number of carbonyl (C=O) groups excluding carboxylic acids is 1. The SMILES string of the molecule is CNC(=O)CNCc1ccc(CO)cc1. The van der Waals surface area contributed by atoms with Crippen LogP contribution < -0.4 is 10.6 Å². The molecule has 0 aromatic heterocycles. The van der Waals surface area contributed by atoms with E-state index in [1.807, 2.05) is 24.3 Å². The second-order valence-electron chi connectivity index (χ2n) is 3.25.